The molecule has 0 N–H and O–H groups in total. The minimum Gasteiger partial charge on any atom is -0.338 e. The Bertz CT molecular complexity index is 628. The number of piperazine rings is 1. The van der Waals surface area contributed by atoms with Crippen LogP contribution in [0.5, 0.6) is 0 Å². The summed E-state index contributed by atoms with van der Waals surface area (Å²) in [7, 11) is 1.86. The molecule has 2 aliphatic heterocycles. The smallest absolute Gasteiger partial charge is 0.225 e. The summed E-state index contributed by atoms with van der Waals surface area (Å²) in [4.78, 5) is 17.6. The lowest BCUT2D eigenvalue weighted by Crippen LogP contribution is -2.62. The molecule has 122 valence electrons. The van der Waals surface area contributed by atoms with Gasteiger partial charge in [-0.25, -0.2) is 9.97 Å². The molecule has 8 heteroatoms. The SMILES string of the molecule is Cn1ncc(CN2CC(N3CCN(c4ncccn4)CC3)C2)n1. The van der Waals surface area contributed by atoms with Crippen LogP contribution in [0, 0.1) is 0 Å². The lowest BCUT2D eigenvalue weighted by Gasteiger charge is -2.48. The van der Waals surface area contributed by atoms with E-state index in [9.17, 15) is 0 Å². The van der Waals surface area contributed by atoms with E-state index in [1.807, 2.05) is 31.7 Å². The van der Waals surface area contributed by atoms with E-state index in [-0.39, 0.29) is 0 Å². The average molecular weight is 314 g/mol. The molecule has 23 heavy (non-hydrogen) atoms. The number of hydrogen-bond donors (Lipinski definition) is 0. The highest BCUT2D eigenvalue weighted by Crippen LogP contribution is 2.19. The third-order valence-electron chi connectivity index (χ3n) is 4.64. The van der Waals surface area contributed by atoms with Gasteiger partial charge in [0.05, 0.1) is 11.9 Å². The van der Waals surface area contributed by atoms with Gasteiger partial charge in [0.25, 0.3) is 0 Å². The molecule has 4 rings (SSSR count). The van der Waals surface area contributed by atoms with E-state index in [0.717, 1.165) is 57.5 Å². The average Bonchev–Trinajstić information content (AvgIpc) is 2.97. The van der Waals surface area contributed by atoms with Gasteiger partial charge in [0, 0.05) is 71.3 Å². The van der Waals surface area contributed by atoms with Crippen LogP contribution in [0.3, 0.4) is 0 Å². The van der Waals surface area contributed by atoms with Crippen LogP contribution in [0.4, 0.5) is 5.95 Å². The summed E-state index contributed by atoms with van der Waals surface area (Å²) in [6, 6.07) is 2.53. The molecule has 0 aromatic carbocycles. The Labute approximate surface area is 135 Å². The van der Waals surface area contributed by atoms with Crippen LogP contribution in [0.25, 0.3) is 0 Å². The maximum atomic E-state index is 4.34. The molecule has 0 saturated carbocycles. The van der Waals surface area contributed by atoms with Gasteiger partial charge in [-0.1, -0.05) is 0 Å². The number of aryl methyl sites for hydroxylation is 1. The molecule has 0 unspecified atom stereocenters. The molecular formula is C15H22N8. The molecule has 2 aromatic rings. The first kappa shape index (κ1) is 14.5. The number of aromatic nitrogens is 5. The van der Waals surface area contributed by atoms with E-state index in [1.54, 1.807) is 4.80 Å². The second-order valence-electron chi connectivity index (χ2n) is 6.25. The highest BCUT2D eigenvalue weighted by molar-refractivity contribution is 5.29. The number of likely N-dealkylation sites (tertiary alicyclic amines) is 1. The van der Waals surface area contributed by atoms with E-state index in [2.05, 4.69) is 34.9 Å². The van der Waals surface area contributed by atoms with Crippen molar-refractivity contribution in [3.05, 3.63) is 30.4 Å². The molecule has 2 aliphatic rings. The largest absolute Gasteiger partial charge is 0.338 e. The van der Waals surface area contributed by atoms with Gasteiger partial charge in [-0.3, -0.25) is 9.80 Å². The highest BCUT2D eigenvalue weighted by Gasteiger charge is 2.33. The minimum atomic E-state index is 0.672. The van der Waals surface area contributed by atoms with Gasteiger partial charge in [0.1, 0.15) is 0 Å². The Kier molecular flexibility index (Phi) is 3.92. The van der Waals surface area contributed by atoms with Crippen molar-refractivity contribution >= 4 is 5.95 Å². The topological polar surface area (TPSA) is 66.2 Å². The van der Waals surface area contributed by atoms with Gasteiger partial charge in [-0.05, 0) is 6.07 Å². The predicted octanol–water partition coefficient (Wildman–Crippen LogP) is -0.388. The molecule has 0 aliphatic carbocycles. The second kappa shape index (κ2) is 6.21. The van der Waals surface area contributed by atoms with Gasteiger partial charge in [-0.15, -0.1) is 0 Å². The minimum absolute atomic E-state index is 0.672. The van der Waals surface area contributed by atoms with Crippen LogP contribution in [0.1, 0.15) is 5.69 Å². The summed E-state index contributed by atoms with van der Waals surface area (Å²) >= 11 is 0. The molecule has 2 aromatic heterocycles. The van der Waals surface area contributed by atoms with Gasteiger partial charge >= 0.3 is 0 Å². The van der Waals surface area contributed by atoms with Gasteiger partial charge in [0.15, 0.2) is 0 Å². The van der Waals surface area contributed by atoms with E-state index in [0.29, 0.717) is 6.04 Å². The van der Waals surface area contributed by atoms with Crippen LogP contribution in [-0.2, 0) is 13.6 Å². The molecule has 0 radical (unpaired) electrons. The second-order valence-corrected chi connectivity index (χ2v) is 6.25. The van der Waals surface area contributed by atoms with E-state index in [4.69, 9.17) is 0 Å². The van der Waals surface area contributed by atoms with Crippen molar-refractivity contribution in [1.29, 1.82) is 0 Å². The van der Waals surface area contributed by atoms with Crippen LogP contribution < -0.4 is 4.90 Å². The first-order chi connectivity index (χ1) is 11.3. The fraction of sp³-hybridized carbons (Fsp3) is 0.600. The van der Waals surface area contributed by atoms with Crippen molar-refractivity contribution in [2.24, 2.45) is 7.05 Å². The number of hydrogen-bond acceptors (Lipinski definition) is 7. The molecule has 2 fully saturated rings. The van der Waals surface area contributed by atoms with Gasteiger partial charge in [0.2, 0.25) is 5.95 Å². The fourth-order valence-corrected chi connectivity index (χ4v) is 3.33. The summed E-state index contributed by atoms with van der Waals surface area (Å²) in [6.07, 6.45) is 5.47. The van der Waals surface area contributed by atoms with Crippen molar-refractivity contribution in [2.75, 3.05) is 44.2 Å². The van der Waals surface area contributed by atoms with Crippen molar-refractivity contribution in [1.82, 2.24) is 34.8 Å². The molecule has 0 spiro atoms. The number of anilines is 1. The first-order valence-corrected chi connectivity index (χ1v) is 8.11. The summed E-state index contributed by atoms with van der Waals surface area (Å²) in [5.41, 5.74) is 1.05. The summed E-state index contributed by atoms with van der Waals surface area (Å²) in [5, 5.41) is 8.47. The van der Waals surface area contributed by atoms with Crippen LogP contribution in [0.2, 0.25) is 0 Å². The van der Waals surface area contributed by atoms with Crippen molar-refractivity contribution < 1.29 is 0 Å². The maximum Gasteiger partial charge on any atom is 0.225 e. The zero-order chi connectivity index (χ0) is 15.6. The van der Waals surface area contributed by atoms with E-state index >= 15 is 0 Å². The third kappa shape index (κ3) is 3.18. The third-order valence-corrected chi connectivity index (χ3v) is 4.64. The van der Waals surface area contributed by atoms with E-state index < -0.39 is 0 Å². The zero-order valence-electron chi connectivity index (χ0n) is 13.4. The Morgan fingerprint density at radius 1 is 1.09 bits per heavy atom. The molecule has 4 heterocycles. The van der Waals surface area contributed by atoms with Crippen molar-refractivity contribution in [3.63, 3.8) is 0 Å². The lowest BCUT2D eigenvalue weighted by molar-refractivity contribution is 0.0246. The summed E-state index contributed by atoms with van der Waals surface area (Å²) in [5.74, 6) is 0.852. The van der Waals surface area contributed by atoms with Gasteiger partial charge in [-0.2, -0.15) is 15.0 Å². The van der Waals surface area contributed by atoms with Crippen molar-refractivity contribution in [2.45, 2.75) is 12.6 Å². The zero-order valence-corrected chi connectivity index (χ0v) is 13.4. The molecule has 2 saturated heterocycles. The van der Waals surface area contributed by atoms with Gasteiger partial charge < -0.3 is 4.90 Å². The lowest BCUT2D eigenvalue weighted by atomic mass is 10.1. The fourth-order valence-electron chi connectivity index (χ4n) is 3.33. The normalized spacial score (nSPS) is 20.7. The highest BCUT2D eigenvalue weighted by atomic mass is 15.5. The maximum absolute atomic E-state index is 4.34. The molecular weight excluding hydrogens is 292 g/mol. The Balaban J connectivity index is 1.23. The standard InChI is InChI=1S/C15H22N8/c1-20-18-9-13(19-20)10-21-11-14(12-21)22-5-7-23(8-6-22)15-16-3-2-4-17-15/h2-4,9,14H,5-8,10-12H2,1H3. The molecule has 8 nitrogen and oxygen atoms in total. The molecule has 0 amide bonds. The Hall–Kier alpha value is -2.06. The quantitative estimate of drug-likeness (QED) is 0.761. The van der Waals surface area contributed by atoms with Crippen LogP contribution in [-0.4, -0.2) is 80.1 Å². The van der Waals surface area contributed by atoms with Crippen LogP contribution in [0.15, 0.2) is 24.7 Å². The first-order valence-electron chi connectivity index (χ1n) is 8.11. The monoisotopic (exact) mass is 314 g/mol. The molecule has 0 atom stereocenters. The Morgan fingerprint density at radius 2 is 1.83 bits per heavy atom. The van der Waals surface area contributed by atoms with Crippen LogP contribution >= 0.6 is 0 Å². The Morgan fingerprint density at radius 3 is 2.48 bits per heavy atom. The summed E-state index contributed by atoms with van der Waals surface area (Å²) in [6.45, 7) is 7.33. The predicted molar refractivity (Wildman–Crippen MR) is 85.9 cm³/mol. The number of nitrogens with zero attached hydrogens (tertiary/aromatic N) is 8. The summed E-state index contributed by atoms with van der Waals surface area (Å²) < 4.78 is 0. The van der Waals surface area contributed by atoms with E-state index in [1.165, 1.54) is 0 Å². The molecule has 0 bridgehead atoms. The van der Waals surface area contributed by atoms with Crippen molar-refractivity contribution in [3.8, 4) is 0 Å². The number of rotatable bonds is 4.